The second-order valence-electron chi connectivity index (χ2n) is 5.16. The number of H-pyrrole nitrogens is 1. The van der Waals surface area contributed by atoms with Gasteiger partial charge >= 0.3 is 0 Å². The van der Waals surface area contributed by atoms with Crippen LogP contribution in [0.15, 0.2) is 18.2 Å². The predicted molar refractivity (Wildman–Crippen MR) is 71.3 cm³/mol. The predicted octanol–water partition coefficient (Wildman–Crippen LogP) is 4.17. The summed E-state index contributed by atoms with van der Waals surface area (Å²) < 4.78 is 0. The van der Waals surface area contributed by atoms with Crippen LogP contribution in [0, 0.1) is 0 Å². The second-order valence-corrected chi connectivity index (χ2v) is 5.16. The first-order valence-electron chi connectivity index (χ1n) is 6.85. The van der Waals surface area contributed by atoms with Crippen molar-refractivity contribution in [1.29, 1.82) is 0 Å². The minimum absolute atomic E-state index is 0.668. The second kappa shape index (κ2) is 4.52. The molecule has 1 heterocycles. The summed E-state index contributed by atoms with van der Waals surface area (Å²) in [5.74, 6) is 1.88. The minimum Gasteiger partial charge on any atom is -0.342 e. The van der Waals surface area contributed by atoms with Gasteiger partial charge in [0.1, 0.15) is 5.82 Å². The Morgan fingerprint density at radius 2 is 2.06 bits per heavy atom. The summed E-state index contributed by atoms with van der Waals surface area (Å²) in [5, 5.41) is 0. The average molecular weight is 228 g/mol. The van der Waals surface area contributed by atoms with Crippen molar-refractivity contribution in [3.05, 3.63) is 29.6 Å². The maximum atomic E-state index is 4.76. The van der Waals surface area contributed by atoms with E-state index in [0.717, 1.165) is 11.9 Å². The van der Waals surface area contributed by atoms with E-state index in [0.29, 0.717) is 5.92 Å². The fraction of sp³-hybridized carbons (Fsp3) is 0.533. The van der Waals surface area contributed by atoms with Crippen molar-refractivity contribution in [3.8, 4) is 0 Å². The highest BCUT2D eigenvalue weighted by Crippen LogP contribution is 2.32. The Hall–Kier alpha value is -1.31. The number of aromatic nitrogens is 2. The zero-order valence-corrected chi connectivity index (χ0v) is 10.5. The fourth-order valence-corrected chi connectivity index (χ4v) is 2.87. The van der Waals surface area contributed by atoms with E-state index in [-0.39, 0.29) is 0 Å². The van der Waals surface area contributed by atoms with Crippen LogP contribution < -0.4 is 0 Å². The van der Waals surface area contributed by atoms with Gasteiger partial charge in [-0.25, -0.2) is 4.98 Å². The first kappa shape index (κ1) is 10.8. The third kappa shape index (κ3) is 2.08. The van der Waals surface area contributed by atoms with Gasteiger partial charge in [-0.1, -0.05) is 32.3 Å². The summed E-state index contributed by atoms with van der Waals surface area (Å²) in [5.41, 5.74) is 3.73. The van der Waals surface area contributed by atoms with Gasteiger partial charge < -0.3 is 4.98 Å². The van der Waals surface area contributed by atoms with E-state index in [1.54, 1.807) is 0 Å². The number of nitrogens with zero attached hydrogens (tertiary/aromatic N) is 1. The monoisotopic (exact) mass is 228 g/mol. The number of hydrogen-bond donors (Lipinski definition) is 1. The molecular weight excluding hydrogens is 208 g/mol. The van der Waals surface area contributed by atoms with Gasteiger partial charge in [0, 0.05) is 5.92 Å². The van der Waals surface area contributed by atoms with Crippen LogP contribution in [-0.2, 0) is 6.42 Å². The molecule has 1 aliphatic carbocycles. The maximum Gasteiger partial charge on any atom is 0.110 e. The number of hydrogen-bond acceptors (Lipinski definition) is 1. The molecule has 3 rings (SSSR count). The summed E-state index contributed by atoms with van der Waals surface area (Å²) >= 11 is 0. The molecular formula is C15H20N2. The van der Waals surface area contributed by atoms with E-state index in [1.807, 2.05) is 0 Å². The Labute approximate surface area is 102 Å². The van der Waals surface area contributed by atoms with Crippen molar-refractivity contribution in [2.24, 2.45) is 0 Å². The van der Waals surface area contributed by atoms with E-state index in [1.165, 1.54) is 49.0 Å². The summed E-state index contributed by atoms with van der Waals surface area (Å²) in [7, 11) is 0. The van der Waals surface area contributed by atoms with E-state index in [2.05, 4.69) is 30.1 Å². The number of rotatable bonds is 2. The smallest absolute Gasteiger partial charge is 0.110 e. The number of imidazole rings is 1. The topological polar surface area (TPSA) is 28.7 Å². The molecule has 1 aromatic carbocycles. The third-order valence-electron chi connectivity index (χ3n) is 3.96. The lowest BCUT2D eigenvalue weighted by Crippen LogP contribution is -2.05. The Morgan fingerprint density at radius 3 is 2.82 bits per heavy atom. The van der Waals surface area contributed by atoms with Gasteiger partial charge in [0.2, 0.25) is 0 Å². The molecule has 0 atom stereocenters. The third-order valence-corrected chi connectivity index (χ3v) is 3.96. The van der Waals surface area contributed by atoms with Gasteiger partial charge in [-0.2, -0.15) is 0 Å². The molecule has 1 aliphatic rings. The van der Waals surface area contributed by atoms with E-state index in [4.69, 9.17) is 4.98 Å². The van der Waals surface area contributed by atoms with Crippen LogP contribution in [0.4, 0.5) is 0 Å². The SMILES string of the molecule is CCc1ccc2nc(C3CCCCC3)[nH]c2c1. The standard InChI is InChI=1S/C15H20N2/c1-2-11-8-9-13-14(10-11)17-15(16-13)12-6-4-3-5-7-12/h8-10,12H,2-7H2,1H3,(H,16,17). The Kier molecular flexibility index (Phi) is 2.87. The first-order chi connectivity index (χ1) is 8.36. The average Bonchev–Trinajstić information content (AvgIpc) is 2.82. The Balaban J connectivity index is 1.95. The number of nitrogens with one attached hydrogen (secondary N) is 1. The number of fused-ring (bicyclic) bond motifs is 1. The van der Waals surface area contributed by atoms with Gasteiger partial charge in [0.15, 0.2) is 0 Å². The van der Waals surface area contributed by atoms with Crippen molar-refractivity contribution < 1.29 is 0 Å². The van der Waals surface area contributed by atoms with E-state index in [9.17, 15) is 0 Å². The highest BCUT2D eigenvalue weighted by molar-refractivity contribution is 5.76. The van der Waals surface area contributed by atoms with Gasteiger partial charge in [-0.3, -0.25) is 0 Å². The van der Waals surface area contributed by atoms with Crippen LogP contribution in [0.1, 0.15) is 56.3 Å². The molecule has 0 spiro atoms. The van der Waals surface area contributed by atoms with Crippen molar-refractivity contribution >= 4 is 11.0 Å². The summed E-state index contributed by atoms with van der Waals surface area (Å²) in [6.45, 7) is 2.19. The van der Waals surface area contributed by atoms with Gasteiger partial charge in [-0.15, -0.1) is 0 Å². The lowest BCUT2D eigenvalue weighted by molar-refractivity contribution is 0.431. The molecule has 0 saturated heterocycles. The Morgan fingerprint density at radius 1 is 1.24 bits per heavy atom. The van der Waals surface area contributed by atoms with E-state index < -0.39 is 0 Å². The van der Waals surface area contributed by atoms with Crippen LogP contribution in [0.3, 0.4) is 0 Å². The molecule has 17 heavy (non-hydrogen) atoms. The van der Waals surface area contributed by atoms with Gasteiger partial charge in [0.05, 0.1) is 11.0 Å². The lowest BCUT2D eigenvalue weighted by atomic mass is 9.89. The molecule has 0 amide bonds. The van der Waals surface area contributed by atoms with Crippen LogP contribution in [0.25, 0.3) is 11.0 Å². The molecule has 1 fully saturated rings. The fourth-order valence-electron chi connectivity index (χ4n) is 2.87. The highest BCUT2D eigenvalue weighted by Gasteiger charge is 2.18. The molecule has 2 heteroatoms. The van der Waals surface area contributed by atoms with Crippen molar-refractivity contribution in [3.63, 3.8) is 0 Å². The largest absolute Gasteiger partial charge is 0.342 e. The van der Waals surface area contributed by atoms with Gasteiger partial charge in [-0.05, 0) is 37.0 Å². The van der Waals surface area contributed by atoms with Gasteiger partial charge in [0.25, 0.3) is 0 Å². The number of aromatic amines is 1. The molecule has 2 aromatic rings. The zero-order valence-electron chi connectivity index (χ0n) is 10.5. The lowest BCUT2D eigenvalue weighted by Gasteiger charge is -2.18. The van der Waals surface area contributed by atoms with Crippen molar-refractivity contribution in [2.75, 3.05) is 0 Å². The Bertz CT molecular complexity index is 507. The number of aryl methyl sites for hydroxylation is 1. The molecule has 0 unspecified atom stereocenters. The zero-order chi connectivity index (χ0) is 11.7. The van der Waals surface area contributed by atoms with Crippen molar-refractivity contribution in [1.82, 2.24) is 9.97 Å². The quantitative estimate of drug-likeness (QED) is 0.821. The van der Waals surface area contributed by atoms with Crippen LogP contribution >= 0.6 is 0 Å². The van der Waals surface area contributed by atoms with Crippen molar-refractivity contribution in [2.45, 2.75) is 51.4 Å². The van der Waals surface area contributed by atoms with E-state index >= 15 is 0 Å². The molecule has 90 valence electrons. The maximum absolute atomic E-state index is 4.76. The molecule has 1 saturated carbocycles. The molecule has 2 nitrogen and oxygen atoms in total. The van der Waals surface area contributed by atoms with Crippen LogP contribution in [0.2, 0.25) is 0 Å². The minimum atomic E-state index is 0.668. The summed E-state index contributed by atoms with van der Waals surface area (Å²) in [6.07, 6.45) is 7.83. The normalized spacial score (nSPS) is 17.7. The van der Waals surface area contributed by atoms with Crippen LogP contribution in [-0.4, -0.2) is 9.97 Å². The molecule has 0 bridgehead atoms. The van der Waals surface area contributed by atoms with Crippen LogP contribution in [0.5, 0.6) is 0 Å². The molecule has 0 aliphatic heterocycles. The molecule has 1 N–H and O–H groups in total. The number of benzene rings is 1. The summed E-state index contributed by atoms with van der Waals surface area (Å²) in [6, 6.07) is 6.58. The first-order valence-corrected chi connectivity index (χ1v) is 6.85. The molecule has 0 radical (unpaired) electrons. The summed E-state index contributed by atoms with van der Waals surface area (Å²) in [4.78, 5) is 8.29. The molecule has 1 aromatic heterocycles. The highest BCUT2D eigenvalue weighted by atomic mass is 14.9.